The smallest absolute Gasteiger partial charge is 0.315 e. The van der Waals surface area contributed by atoms with Crippen molar-refractivity contribution in [3.8, 4) is 0 Å². The standard InChI is InChI=1S/C9H8N2O3/c1-5(9(12)13)8-11-7-6(14-8)3-2-4-10-7/h2-5H,1H3,(H,12,13). The first-order chi connectivity index (χ1) is 6.68. The van der Waals surface area contributed by atoms with Gasteiger partial charge in [-0.05, 0) is 19.1 Å². The summed E-state index contributed by atoms with van der Waals surface area (Å²) in [6, 6.07) is 3.41. The molecule has 1 N–H and O–H groups in total. The number of aromatic nitrogens is 2. The number of pyridine rings is 1. The summed E-state index contributed by atoms with van der Waals surface area (Å²) in [7, 11) is 0. The number of carboxylic acids is 1. The minimum atomic E-state index is -0.962. The highest BCUT2D eigenvalue weighted by Crippen LogP contribution is 2.19. The van der Waals surface area contributed by atoms with Crippen molar-refractivity contribution < 1.29 is 14.3 Å². The zero-order chi connectivity index (χ0) is 10.1. The van der Waals surface area contributed by atoms with Crippen LogP contribution in [0, 0.1) is 0 Å². The first kappa shape index (κ1) is 8.68. The molecule has 2 aromatic rings. The number of carbonyl (C=O) groups is 1. The lowest BCUT2D eigenvalue weighted by Crippen LogP contribution is -2.07. The van der Waals surface area contributed by atoms with Crippen LogP contribution in [-0.4, -0.2) is 21.0 Å². The Morgan fingerprint density at radius 3 is 3.07 bits per heavy atom. The van der Waals surface area contributed by atoms with E-state index in [4.69, 9.17) is 9.52 Å². The Balaban J connectivity index is 2.50. The molecule has 0 aliphatic carbocycles. The van der Waals surface area contributed by atoms with Gasteiger partial charge in [0.05, 0.1) is 0 Å². The zero-order valence-corrected chi connectivity index (χ0v) is 7.47. The third-order valence-corrected chi connectivity index (χ3v) is 1.92. The number of nitrogens with zero attached hydrogens (tertiary/aromatic N) is 2. The van der Waals surface area contributed by atoms with Gasteiger partial charge in [0.1, 0.15) is 5.92 Å². The normalized spacial score (nSPS) is 12.9. The lowest BCUT2D eigenvalue weighted by atomic mass is 10.2. The van der Waals surface area contributed by atoms with Gasteiger partial charge in [0.25, 0.3) is 0 Å². The molecule has 5 nitrogen and oxygen atoms in total. The van der Waals surface area contributed by atoms with E-state index in [1.807, 2.05) is 0 Å². The highest BCUT2D eigenvalue weighted by Gasteiger charge is 2.20. The Morgan fingerprint density at radius 2 is 2.43 bits per heavy atom. The van der Waals surface area contributed by atoms with Gasteiger partial charge in [-0.15, -0.1) is 0 Å². The number of rotatable bonds is 2. The molecule has 5 heteroatoms. The van der Waals surface area contributed by atoms with E-state index in [2.05, 4.69) is 9.97 Å². The van der Waals surface area contributed by atoms with Crippen molar-refractivity contribution in [1.29, 1.82) is 0 Å². The van der Waals surface area contributed by atoms with Gasteiger partial charge in [0.15, 0.2) is 11.2 Å². The van der Waals surface area contributed by atoms with Crippen LogP contribution >= 0.6 is 0 Å². The lowest BCUT2D eigenvalue weighted by Gasteiger charge is -1.97. The summed E-state index contributed by atoms with van der Waals surface area (Å²) in [6.07, 6.45) is 1.58. The molecular formula is C9H8N2O3. The van der Waals surface area contributed by atoms with Gasteiger partial charge in [-0.2, -0.15) is 4.98 Å². The maximum absolute atomic E-state index is 10.7. The third kappa shape index (κ3) is 1.32. The van der Waals surface area contributed by atoms with Crippen molar-refractivity contribution in [1.82, 2.24) is 9.97 Å². The molecule has 2 aromatic heterocycles. The summed E-state index contributed by atoms with van der Waals surface area (Å²) >= 11 is 0. The Morgan fingerprint density at radius 1 is 1.64 bits per heavy atom. The van der Waals surface area contributed by atoms with E-state index in [1.54, 1.807) is 18.3 Å². The number of aliphatic carboxylic acids is 1. The number of hydrogen-bond acceptors (Lipinski definition) is 4. The van der Waals surface area contributed by atoms with Gasteiger partial charge in [-0.3, -0.25) is 4.79 Å². The van der Waals surface area contributed by atoms with Gasteiger partial charge < -0.3 is 9.52 Å². The first-order valence-corrected chi connectivity index (χ1v) is 4.13. The molecule has 0 saturated heterocycles. The van der Waals surface area contributed by atoms with E-state index in [9.17, 15) is 4.79 Å². The Bertz CT molecular complexity index is 445. The molecule has 0 fully saturated rings. The highest BCUT2D eigenvalue weighted by molar-refractivity contribution is 5.75. The number of fused-ring (bicyclic) bond motifs is 1. The second-order valence-corrected chi connectivity index (χ2v) is 2.94. The predicted octanol–water partition coefficient (Wildman–Crippen LogP) is 1.41. The summed E-state index contributed by atoms with van der Waals surface area (Å²) < 4.78 is 5.24. The largest absolute Gasteiger partial charge is 0.481 e. The van der Waals surface area contributed by atoms with Crippen LogP contribution in [-0.2, 0) is 4.79 Å². The fraction of sp³-hybridized carbons (Fsp3) is 0.222. The molecule has 0 aliphatic heterocycles. The average molecular weight is 192 g/mol. The van der Waals surface area contributed by atoms with Crippen molar-refractivity contribution in [2.75, 3.05) is 0 Å². The predicted molar refractivity (Wildman–Crippen MR) is 47.9 cm³/mol. The van der Waals surface area contributed by atoms with Crippen LogP contribution in [0.3, 0.4) is 0 Å². The molecule has 0 bridgehead atoms. The molecule has 0 radical (unpaired) electrons. The Kier molecular flexibility index (Phi) is 1.92. The molecule has 2 heterocycles. The minimum Gasteiger partial charge on any atom is -0.481 e. The second-order valence-electron chi connectivity index (χ2n) is 2.94. The molecule has 14 heavy (non-hydrogen) atoms. The Labute approximate surface area is 79.4 Å². The third-order valence-electron chi connectivity index (χ3n) is 1.92. The highest BCUT2D eigenvalue weighted by atomic mass is 16.4. The van der Waals surface area contributed by atoms with Crippen LogP contribution in [0.1, 0.15) is 18.7 Å². The van der Waals surface area contributed by atoms with Crippen LogP contribution in [0.5, 0.6) is 0 Å². The first-order valence-electron chi connectivity index (χ1n) is 4.13. The van der Waals surface area contributed by atoms with Gasteiger partial charge in [0.2, 0.25) is 5.89 Å². The van der Waals surface area contributed by atoms with E-state index in [1.165, 1.54) is 6.92 Å². The number of oxazole rings is 1. The van der Waals surface area contributed by atoms with Gasteiger partial charge >= 0.3 is 5.97 Å². The fourth-order valence-corrected chi connectivity index (χ4v) is 1.08. The molecule has 0 saturated carbocycles. The summed E-state index contributed by atoms with van der Waals surface area (Å²) in [4.78, 5) is 18.6. The topological polar surface area (TPSA) is 76.2 Å². The molecule has 0 aromatic carbocycles. The summed E-state index contributed by atoms with van der Waals surface area (Å²) in [5.74, 6) is -1.52. The number of carboxylic acid groups (broad SMARTS) is 1. The molecule has 1 atom stereocenters. The maximum Gasteiger partial charge on any atom is 0.315 e. The summed E-state index contributed by atoms with van der Waals surface area (Å²) in [5, 5.41) is 8.74. The van der Waals surface area contributed by atoms with Crippen LogP contribution < -0.4 is 0 Å². The second kappa shape index (κ2) is 3.10. The van der Waals surface area contributed by atoms with E-state index >= 15 is 0 Å². The van der Waals surface area contributed by atoms with Crippen molar-refractivity contribution in [2.24, 2.45) is 0 Å². The number of hydrogen-bond donors (Lipinski definition) is 1. The SMILES string of the molecule is CC(C(=O)O)c1nc2ncccc2o1. The van der Waals surface area contributed by atoms with E-state index in [0.29, 0.717) is 11.2 Å². The summed E-state index contributed by atoms with van der Waals surface area (Å²) in [5.41, 5.74) is 0.950. The molecule has 2 rings (SSSR count). The van der Waals surface area contributed by atoms with Crippen LogP contribution in [0.4, 0.5) is 0 Å². The van der Waals surface area contributed by atoms with E-state index < -0.39 is 11.9 Å². The van der Waals surface area contributed by atoms with Crippen LogP contribution in [0.25, 0.3) is 11.2 Å². The van der Waals surface area contributed by atoms with Gasteiger partial charge in [-0.25, -0.2) is 4.98 Å². The zero-order valence-electron chi connectivity index (χ0n) is 7.47. The quantitative estimate of drug-likeness (QED) is 0.778. The van der Waals surface area contributed by atoms with Crippen molar-refractivity contribution >= 4 is 17.2 Å². The van der Waals surface area contributed by atoms with Crippen molar-refractivity contribution in [3.63, 3.8) is 0 Å². The van der Waals surface area contributed by atoms with Crippen molar-refractivity contribution in [2.45, 2.75) is 12.8 Å². The monoisotopic (exact) mass is 192 g/mol. The van der Waals surface area contributed by atoms with Gasteiger partial charge in [0, 0.05) is 6.20 Å². The maximum atomic E-state index is 10.7. The fourth-order valence-electron chi connectivity index (χ4n) is 1.08. The lowest BCUT2D eigenvalue weighted by molar-refractivity contribution is -0.138. The van der Waals surface area contributed by atoms with E-state index in [0.717, 1.165) is 0 Å². The molecule has 0 spiro atoms. The van der Waals surface area contributed by atoms with Gasteiger partial charge in [-0.1, -0.05) is 0 Å². The summed E-state index contributed by atoms with van der Waals surface area (Å²) in [6.45, 7) is 1.52. The minimum absolute atomic E-state index is 0.186. The van der Waals surface area contributed by atoms with Crippen LogP contribution in [0.15, 0.2) is 22.7 Å². The molecule has 1 unspecified atom stereocenters. The molecule has 72 valence electrons. The molecule has 0 aliphatic rings. The van der Waals surface area contributed by atoms with Crippen LogP contribution in [0.2, 0.25) is 0 Å². The van der Waals surface area contributed by atoms with Crippen molar-refractivity contribution in [3.05, 3.63) is 24.2 Å². The Hall–Kier alpha value is -1.91. The molecule has 0 amide bonds. The van der Waals surface area contributed by atoms with E-state index in [-0.39, 0.29) is 5.89 Å². The average Bonchev–Trinajstić information content (AvgIpc) is 2.59. The molecular weight excluding hydrogens is 184 g/mol.